The van der Waals surface area contributed by atoms with Crippen molar-refractivity contribution >= 4 is 46.0 Å². The van der Waals surface area contributed by atoms with Gasteiger partial charge in [0, 0.05) is 47.3 Å². The number of carbonyl (C=O) groups excluding carboxylic acids is 2. The van der Waals surface area contributed by atoms with Gasteiger partial charge in [0.25, 0.3) is 5.91 Å². The average molecular weight is 699 g/mol. The third kappa shape index (κ3) is 8.34. The molecule has 2 N–H and O–H groups in total. The Morgan fingerprint density at radius 1 is 0.952 bits per heavy atom. The third-order valence-electron chi connectivity index (χ3n) is 8.47. The first-order chi connectivity index (χ1) is 20.5. The van der Waals surface area contributed by atoms with Crippen molar-refractivity contribution < 1.29 is 9.59 Å². The Labute approximate surface area is 268 Å². The van der Waals surface area contributed by atoms with Crippen molar-refractivity contribution in [2.75, 3.05) is 39.3 Å². The number of halogens is 2. The summed E-state index contributed by atoms with van der Waals surface area (Å²) in [4.78, 5) is 31.6. The summed E-state index contributed by atoms with van der Waals surface area (Å²) < 4.78 is 0.913. The van der Waals surface area contributed by atoms with Crippen LogP contribution in [0, 0.1) is 3.57 Å². The number of hydrogen-bond donors (Lipinski definition) is 2. The molecule has 3 aromatic rings. The van der Waals surface area contributed by atoms with E-state index in [4.69, 9.17) is 11.6 Å². The van der Waals surface area contributed by atoms with Crippen LogP contribution >= 0.6 is 34.2 Å². The monoisotopic (exact) mass is 698 g/mol. The highest BCUT2D eigenvalue weighted by Gasteiger charge is 2.33. The molecule has 0 bridgehead atoms. The van der Waals surface area contributed by atoms with Crippen LogP contribution in [-0.2, 0) is 4.79 Å². The standard InChI is InChI=1S/C34H40ClIN4O2/c35-30-22-27(14-15-31(30)36)33(41)37-23-28-16-21-40(34(42)32(38-28)17-20-39-18-8-3-9-19-39)24-29(25-10-4-1-5-11-25)26-12-6-2-7-13-26/h1-2,4-7,10-15,22,28-29,32,38H,3,8-9,16-21,23-24H2,(H,37,41)/t28-,32-/m0/s1. The number of amides is 2. The summed E-state index contributed by atoms with van der Waals surface area (Å²) in [6.07, 6.45) is 5.26. The van der Waals surface area contributed by atoms with Gasteiger partial charge in [0.1, 0.15) is 0 Å². The highest BCUT2D eigenvalue weighted by Crippen LogP contribution is 2.27. The molecule has 2 amide bonds. The zero-order valence-corrected chi connectivity index (χ0v) is 26.9. The summed E-state index contributed by atoms with van der Waals surface area (Å²) in [7, 11) is 0. The van der Waals surface area contributed by atoms with E-state index in [-0.39, 0.29) is 29.8 Å². The predicted molar refractivity (Wildman–Crippen MR) is 178 cm³/mol. The molecule has 3 aromatic carbocycles. The first-order valence-corrected chi connectivity index (χ1v) is 16.5. The molecule has 0 radical (unpaired) electrons. The molecule has 2 heterocycles. The molecular formula is C34H40ClIN4O2. The van der Waals surface area contributed by atoms with Crippen LogP contribution in [0.3, 0.4) is 0 Å². The number of likely N-dealkylation sites (tertiary alicyclic amines) is 1. The number of nitrogens with one attached hydrogen (secondary N) is 2. The van der Waals surface area contributed by atoms with E-state index in [1.54, 1.807) is 12.1 Å². The summed E-state index contributed by atoms with van der Waals surface area (Å²) in [6, 6.07) is 26.0. The summed E-state index contributed by atoms with van der Waals surface area (Å²) in [5.41, 5.74) is 2.96. The van der Waals surface area contributed by atoms with Gasteiger partial charge < -0.3 is 20.4 Å². The van der Waals surface area contributed by atoms with Crippen LogP contribution in [0.1, 0.15) is 59.5 Å². The van der Waals surface area contributed by atoms with Crippen LogP contribution in [0.4, 0.5) is 0 Å². The number of hydrogen-bond acceptors (Lipinski definition) is 4. The second-order valence-electron chi connectivity index (χ2n) is 11.4. The van der Waals surface area contributed by atoms with E-state index in [0.717, 1.165) is 36.0 Å². The first kappa shape index (κ1) is 31.0. The molecule has 5 rings (SSSR count). The van der Waals surface area contributed by atoms with Gasteiger partial charge in [0.15, 0.2) is 0 Å². The molecule has 0 saturated carbocycles. The van der Waals surface area contributed by atoms with Crippen molar-refractivity contribution in [2.45, 2.75) is 50.1 Å². The van der Waals surface area contributed by atoms with Crippen LogP contribution in [0.5, 0.6) is 0 Å². The first-order valence-electron chi connectivity index (χ1n) is 15.1. The maximum Gasteiger partial charge on any atom is 0.251 e. The van der Waals surface area contributed by atoms with E-state index in [1.165, 1.54) is 30.4 Å². The van der Waals surface area contributed by atoms with Crippen molar-refractivity contribution in [3.63, 3.8) is 0 Å². The topological polar surface area (TPSA) is 64.7 Å². The Balaban J connectivity index is 1.31. The maximum absolute atomic E-state index is 14.1. The lowest BCUT2D eigenvalue weighted by atomic mass is 9.90. The molecule has 2 fully saturated rings. The lowest BCUT2D eigenvalue weighted by molar-refractivity contribution is -0.133. The van der Waals surface area contributed by atoms with Crippen molar-refractivity contribution in [3.05, 3.63) is 104 Å². The van der Waals surface area contributed by atoms with Gasteiger partial charge in [-0.25, -0.2) is 0 Å². The van der Waals surface area contributed by atoms with Gasteiger partial charge in [-0.05, 0) is 90.7 Å². The van der Waals surface area contributed by atoms with Gasteiger partial charge in [0.2, 0.25) is 5.91 Å². The Hall–Kier alpha value is -2.46. The zero-order chi connectivity index (χ0) is 29.3. The third-order valence-corrected chi connectivity index (χ3v) is 10.0. The maximum atomic E-state index is 14.1. The molecule has 0 unspecified atom stereocenters. The minimum Gasteiger partial charge on any atom is -0.350 e. The van der Waals surface area contributed by atoms with Gasteiger partial charge in [-0.15, -0.1) is 0 Å². The smallest absolute Gasteiger partial charge is 0.251 e. The van der Waals surface area contributed by atoms with Crippen molar-refractivity contribution in [3.8, 4) is 0 Å². The van der Waals surface area contributed by atoms with E-state index < -0.39 is 0 Å². The lowest BCUT2D eigenvalue weighted by Crippen LogP contribution is -2.50. The lowest BCUT2D eigenvalue weighted by Gasteiger charge is -2.31. The molecule has 8 heteroatoms. The summed E-state index contributed by atoms with van der Waals surface area (Å²) in [5, 5.41) is 7.31. The molecule has 0 spiro atoms. The van der Waals surface area contributed by atoms with Crippen LogP contribution < -0.4 is 10.6 Å². The second-order valence-corrected chi connectivity index (χ2v) is 13.0. The molecule has 0 aliphatic carbocycles. The highest BCUT2D eigenvalue weighted by molar-refractivity contribution is 14.1. The van der Waals surface area contributed by atoms with E-state index >= 15 is 0 Å². The minimum absolute atomic E-state index is 0.0134. The largest absolute Gasteiger partial charge is 0.350 e. The molecular weight excluding hydrogens is 659 g/mol. The zero-order valence-electron chi connectivity index (χ0n) is 24.0. The van der Waals surface area contributed by atoms with Crippen LogP contribution in [0.25, 0.3) is 0 Å². The van der Waals surface area contributed by atoms with Crippen LogP contribution in [-0.4, -0.2) is 73.0 Å². The fourth-order valence-electron chi connectivity index (χ4n) is 6.07. The molecule has 42 heavy (non-hydrogen) atoms. The predicted octanol–water partition coefficient (Wildman–Crippen LogP) is 5.94. The van der Waals surface area contributed by atoms with Gasteiger partial charge in [0.05, 0.1) is 11.1 Å². The van der Waals surface area contributed by atoms with E-state index in [2.05, 4.69) is 91.6 Å². The van der Waals surface area contributed by atoms with Gasteiger partial charge in [-0.1, -0.05) is 78.7 Å². The number of benzene rings is 3. The number of carbonyl (C=O) groups is 2. The normalized spacial score (nSPS) is 20.0. The Kier molecular flexibility index (Phi) is 11.3. The van der Waals surface area contributed by atoms with Gasteiger partial charge >= 0.3 is 0 Å². The molecule has 2 aliphatic heterocycles. The Bertz CT molecular complexity index is 1280. The van der Waals surface area contributed by atoms with Gasteiger partial charge in [-0.2, -0.15) is 0 Å². The van der Waals surface area contributed by atoms with Crippen molar-refractivity contribution in [1.82, 2.24) is 20.4 Å². The molecule has 6 nitrogen and oxygen atoms in total. The quantitative estimate of drug-likeness (QED) is 0.258. The molecule has 2 saturated heterocycles. The number of rotatable bonds is 10. The summed E-state index contributed by atoms with van der Waals surface area (Å²) >= 11 is 8.42. The van der Waals surface area contributed by atoms with E-state index in [1.807, 2.05) is 18.2 Å². The summed E-state index contributed by atoms with van der Waals surface area (Å²) in [5.74, 6) is 0.0868. The second kappa shape index (κ2) is 15.3. The van der Waals surface area contributed by atoms with Crippen molar-refractivity contribution in [2.24, 2.45) is 0 Å². The van der Waals surface area contributed by atoms with Crippen LogP contribution in [0.15, 0.2) is 78.9 Å². The fraction of sp³-hybridized carbons (Fsp3) is 0.412. The molecule has 0 aromatic heterocycles. The summed E-state index contributed by atoms with van der Waals surface area (Å²) in [6.45, 7) is 4.81. The van der Waals surface area contributed by atoms with Crippen LogP contribution in [0.2, 0.25) is 5.02 Å². The molecule has 2 aliphatic rings. The molecule has 222 valence electrons. The number of nitrogens with zero attached hydrogens (tertiary/aromatic N) is 2. The average Bonchev–Trinajstić information content (AvgIpc) is 3.18. The Morgan fingerprint density at radius 3 is 2.26 bits per heavy atom. The molecule has 2 atom stereocenters. The van der Waals surface area contributed by atoms with Gasteiger partial charge in [-0.3, -0.25) is 9.59 Å². The minimum atomic E-state index is -0.295. The highest BCUT2D eigenvalue weighted by atomic mass is 127. The number of piperidine rings is 1. The van der Waals surface area contributed by atoms with E-state index in [0.29, 0.717) is 30.2 Å². The van der Waals surface area contributed by atoms with E-state index in [9.17, 15) is 9.59 Å². The van der Waals surface area contributed by atoms with Crippen molar-refractivity contribution in [1.29, 1.82) is 0 Å². The fourth-order valence-corrected chi connectivity index (χ4v) is 6.59. The Morgan fingerprint density at radius 2 is 1.62 bits per heavy atom. The SMILES string of the molecule is O=C(NC[C@@H]1CCN(CC(c2ccccc2)c2ccccc2)C(=O)[C@H](CCN2CCCCC2)N1)c1ccc(I)c(Cl)c1.